The van der Waals surface area contributed by atoms with E-state index in [2.05, 4.69) is 21.5 Å². The Bertz CT molecular complexity index is 811. The number of hydrogen-bond donors (Lipinski definition) is 4. The molecule has 0 aliphatic carbocycles. The lowest BCUT2D eigenvalue weighted by molar-refractivity contribution is -0.128. The third-order valence-corrected chi connectivity index (χ3v) is 3.81. The number of alkyl carbamates (subject to hydrolysis) is 1. The van der Waals surface area contributed by atoms with E-state index in [4.69, 9.17) is 9.47 Å². The first-order chi connectivity index (χ1) is 14.0. The number of hydrazine groups is 1. The van der Waals surface area contributed by atoms with Gasteiger partial charge in [-0.2, -0.15) is 0 Å². The smallest absolute Gasteiger partial charge is 0.408 e. The molecule has 0 aliphatic heterocycles. The Labute approximate surface area is 168 Å². The molecule has 29 heavy (non-hydrogen) atoms. The maximum absolute atomic E-state index is 12.0. The van der Waals surface area contributed by atoms with Gasteiger partial charge in [-0.15, -0.1) is 0 Å². The minimum atomic E-state index is -0.895. The van der Waals surface area contributed by atoms with Crippen LogP contribution in [0.2, 0.25) is 0 Å². The number of nitrogens with one attached hydrogen (secondary N) is 4. The maximum atomic E-state index is 12.0. The molecule has 0 aliphatic rings. The Morgan fingerprint density at radius 3 is 2.31 bits per heavy atom. The average Bonchev–Trinajstić information content (AvgIpc) is 2.75. The fourth-order valence-electron chi connectivity index (χ4n) is 2.18. The summed E-state index contributed by atoms with van der Waals surface area (Å²) in [5.41, 5.74) is 6.07. The fraction of sp³-hybridized carbons (Fsp3) is 0.250. The molecule has 0 bridgehead atoms. The van der Waals surface area contributed by atoms with Crippen molar-refractivity contribution in [2.24, 2.45) is 0 Å². The fourth-order valence-corrected chi connectivity index (χ4v) is 2.18. The zero-order valence-corrected chi connectivity index (χ0v) is 16.2. The van der Waals surface area contributed by atoms with E-state index in [0.717, 1.165) is 11.3 Å². The summed E-state index contributed by atoms with van der Waals surface area (Å²) in [7, 11) is 1.57. The monoisotopic (exact) mass is 400 g/mol. The van der Waals surface area contributed by atoms with Crippen molar-refractivity contribution < 1.29 is 23.9 Å². The first-order valence-corrected chi connectivity index (χ1v) is 8.91. The molecule has 0 saturated heterocycles. The number of amides is 3. The van der Waals surface area contributed by atoms with Crippen LogP contribution < -0.4 is 26.2 Å². The molecular weight excluding hydrogens is 376 g/mol. The quantitative estimate of drug-likeness (QED) is 0.500. The maximum Gasteiger partial charge on any atom is 0.408 e. The first kappa shape index (κ1) is 21.5. The zero-order chi connectivity index (χ0) is 21.1. The minimum Gasteiger partial charge on any atom is -0.497 e. The lowest BCUT2D eigenvalue weighted by atomic mass is 10.2. The second-order valence-corrected chi connectivity index (χ2v) is 6.05. The number of benzene rings is 2. The second kappa shape index (κ2) is 11.2. The molecule has 0 heterocycles. The van der Waals surface area contributed by atoms with Crippen molar-refractivity contribution in [3.63, 3.8) is 0 Å². The van der Waals surface area contributed by atoms with Crippen LogP contribution in [0.1, 0.15) is 12.5 Å². The highest BCUT2D eigenvalue weighted by Crippen LogP contribution is 2.14. The molecule has 2 rings (SSSR count). The van der Waals surface area contributed by atoms with Gasteiger partial charge in [-0.25, -0.2) is 4.79 Å². The molecule has 0 fully saturated rings. The molecule has 0 radical (unpaired) electrons. The van der Waals surface area contributed by atoms with Gasteiger partial charge in [-0.05, 0) is 36.8 Å². The number of carbonyl (C=O) groups is 3. The summed E-state index contributed by atoms with van der Waals surface area (Å²) < 4.78 is 10.1. The van der Waals surface area contributed by atoms with Crippen LogP contribution in [0.25, 0.3) is 0 Å². The average molecular weight is 400 g/mol. The molecule has 0 spiro atoms. The van der Waals surface area contributed by atoms with Crippen LogP contribution >= 0.6 is 0 Å². The normalized spacial score (nSPS) is 11.0. The van der Waals surface area contributed by atoms with Gasteiger partial charge < -0.3 is 20.1 Å². The van der Waals surface area contributed by atoms with Crippen LogP contribution in [0, 0.1) is 0 Å². The van der Waals surface area contributed by atoms with E-state index < -0.39 is 23.9 Å². The van der Waals surface area contributed by atoms with Crippen molar-refractivity contribution in [1.29, 1.82) is 0 Å². The predicted molar refractivity (Wildman–Crippen MR) is 107 cm³/mol. The molecule has 154 valence electrons. The zero-order valence-electron chi connectivity index (χ0n) is 16.2. The van der Waals surface area contributed by atoms with E-state index in [0.29, 0.717) is 5.75 Å². The summed E-state index contributed by atoms with van der Waals surface area (Å²) >= 11 is 0. The Balaban J connectivity index is 1.64. The number of carbonyl (C=O) groups excluding carboxylic acids is 3. The summed E-state index contributed by atoms with van der Waals surface area (Å²) in [6.07, 6.45) is -0.732. The largest absolute Gasteiger partial charge is 0.497 e. The predicted octanol–water partition coefficient (Wildman–Crippen LogP) is 1.57. The molecule has 2 aromatic carbocycles. The van der Waals surface area contributed by atoms with Crippen LogP contribution in [-0.2, 0) is 20.9 Å². The van der Waals surface area contributed by atoms with Gasteiger partial charge >= 0.3 is 6.09 Å². The standard InChI is InChI=1S/C20H24N4O5/c1-14(22-20(27)29-13-15-6-4-3-5-7-15)19(26)24-23-18(25)12-21-16-8-10-17(28-2)11-9-16/h3-11,14,21H,12-13H2,1-2H3,(H,22,27)(H,23,25)(H,24,26)/t14-/m0/s1. The van der Waals surface area contributed by atoms with Crippen LogP contribution in [-0.4, -0.2) is 37.6 Å². The third-order valence-electron chi connectivity index (χ3n) is 3.81. The van der Waals surface area contributed by atoms with Gasteiger partial charge in [0, 0.05) is 5.69 Å². The molecule has 3 amide bonds. The van der Waals surface area contributed by atoms with Gasteiger partial charge in [0.05, 0.1) is 13.7 Å². The van der Waals surface area contributed by atoms with E-state index >= 15 is 0 Å². The summed E-state index contributed by atoms with van der Waals surface area (Å²) in [5.74, 6) is -0.330. The Morgan fingerprint density at radius 2 is 1.66 bits per heavy atom. The first-order valence-electron chi connectivity index (χ1n) is 8.91. The van der Waals surface area contributed by atoms with Crippen molar-refractivity contribution in [3.05, 3.63) is 60.2 Å². The van der Waals surface area contributed by atoms with E-state index in [-0.39, 0.29) is 13.2 Å². The van der Waals surface area contributed by atoms with E-state index in [1.807, 2.05) is 30.3 Å². The van der Waals surface area contributed by atoms with Gasteiger partial charge in [0.2, 0.25) is 0 Å². The Hall–Kier alpha value is -3.75. The van der Waals surface area contributed by atoms with Crippen molar-refractivity contribution in [2.75, 3.05) is 19.0 Å². The highest BCUT2D eigenvalue weighted by atomic mass is 16.5. The number of methoxy groups -OCH3 is 1. The second-order valence-electron chi connectivity index (χ2n) is 6.05. The van der Waals surface area contributed by atoms with E-state index in [1.165, 1.54) is 6.92 Å². The van der Waals surface area contributed by atoms with Crippen LogP contribution in [0.3, 0.4) is 0 Å². The number of anilines is 1. The molecular formula is C20H24N4O5. The number of ether oxygens (including phenoxy) is 2. The third kappa shape index (κ3) is 7.79. The molecule has 9 nitrogen and oxygen atoms in total. The van der Waals surface area contributed by atoms with Crippen molar-refractivity contribution in [1.82, 2.24) is 16.2 Å². The lowest BCUT2D eigenvalue weighted by Gasteiger charge is -2.15. The lowest BCUT2D eigenvalue weighted by Crippen LogP contribution is -2.52. The molecule has 0 saturated carbocycles. The summed E-state index contributed by atoms with van der Waals surface area (Å²) in [6, 6.07) is 15.3. The van der Waals surface area contributed by atoms with Crippen molar-refractivity contribution in [2.45, 2.75) is 19.6 Å². The molecule has 9 heteroatoms. The summed E-state index contributed by atoms with van der Waals surface area (Å²) in [5, 5.41) is 5.29. The molecule has 0 aromatic heterocycles. The SMILES string of the molecule is COc1ccc(NCC(=O)NNC(=O)[C@H](C)NC(=O)OCc2ccccc2)cc1. The van der Waals surface area contributed by atoms with Crippen LogP contribution in [0.4, 0.5) is 10.5 Å². The van der Waals surface area contributed by atoms with E-state index in [1.54, 1.807) is 31.4 Å². The Kier molecular flexibility index (Phi) is 8.30. The number of rotatable bonds is 8. The highest BCUT2D eigenvalue weighted by molar-refractivity contribution is 5.88. The number of hydrogen-bond acceptors (Lipinski definition) is 6. The molecule has 4 N–H and O–H groups in total. The van der Waals surface area contributed by atoms with E-state index in [9.17, 15) is 14.4 Å². The molecule has 0 unspecified atom stereocenters. The van der Waals surface area contributed by atoms with Crippen LogP contribution in [0.15, 0.2) is 54.6 Å². The van der Waals surface area contributed by atoms with Gasteiger partial charge in [0.1, 0.15) is 18.4 Å². The topological polar surface area (TPSA) is 118 Å². The van der Waals surface area contributed by atoms with Gasteiger partial charge in [0.15, 0.2) is 0 Å². The Morgan fingerprint density at radius 1 is 0.966 bits per heavy atom. The van der Waals surface area contributed by atoms with Crippen molar-refractivity contribution >= 4 is 23.6 Å². The van der Waals surface area contributed by atoms with Crippen LogP contribution in [0.5, 0.6) is 5.75 Å². The van der Waals surface area contributed by atoms with Crippen molar-refractivity contribution in [3.8, 4) is 5.75 Å². The molecule has 1 atom stereocenters. The van der Waals surface area contributed by atoms with Gasteiger partial charge in [-0.1, -0.05) is 30.3 Å². The molecule has 2 aromatic rings. The van der Waals surface area contributed by atoms with Gasteiger partial charge in [0.25, 0.3) is 11.8 Å². The van der Waals surface area contributed by atoms with Gasteiger partial charge in [-0.3, -0.25) is 20.4 Å². The summed E-state index contributed by atoms with van der Waals surface area (Å²) in [6.45, 7) is 1.52. The summed E-state index contributed by atoms with van der Waals surface area (Å²) in [4.78, 5) is 35.5. The highest BCUT2D eigenvalue weighted by Gasteiger charge is 2.17. The minimum absolute atomic E-state index is 0.0481.